The summed E-state index contributed by atoms with van der Waals surface area (Å²) in [6.45, 7) is 5.05. The molecule has 2 fully saturated rings. The second-order valence-electron chi connectivity index (χ2n) is 6.48. The van der Waals surface area contributed by atoms with Gasteiger partial charge in [0.05, 0.1) is 0 Å². The Morgan fingerprint density at radius 3 is 2.42 bits per heavy atom. The molecule has 3 nitrogen and oxygen atoms in total. The fraction of sp³-hybridized carbons (Fsp3) is 0.938. The maximum absolute atomic E-state index is 12.6. The third-order valence-corrected chi connectivity index (χ3v) is 5.27. The van der Waals surface area contributed by atoms with Crippen molar-refractivity contribution in [3.63, 3.8) is 0 Å². The zero-order valence-corrected chi connectivity index (χ0v) is 12.4. The molecule has 1 amide bonds. The van der Waals surface area contributed by atoms with Gasteiger partial charge >= 0.3 is 0 Å². The average Bonchev–Trinajstić information content (AvgIpc) is 2.72. The summed E-state index contributed by atoms with van der Waals surface area (Å²) in [5.41, 5.74) is 5.72. The Morgan fingerprint density at radius 1 is 1.05 bits per heavy atom. The van der Waals surface area contributed by atoms with Crippen LogP contribution in [0, 0.1) is 17.8 Å². The van der Waals surface area contributed by atoms with Crippen LogP contribution in [0.4, 0.5) is 0 Å². The molecule has 0 bridgehead atoms. The Kier molecular flexibility index (Phi) is 5.68. The van der Waals surface area contributed by atoms with Crippen LogP contribution in [0.25, 0.3) is 0 Å². The molecule has 2 N–H and O–H groups in total. The summed E-state index contributed by atoms with van der Waals surface area (Å²) in [6.07, 6.45) is 9.41. The van der Waals surface area contributed by atoms with E-state index in [9.17, 15) is 4.79 Å². The first-order valence-corrected chi connectivity index (χ1v) is 8.23. The molecule has 110 valence electrons. The summed E-state index contributed by atoms with van der Waals surface area (Å²) < 4.78 is 0. The van der Waals surface area contributed by atoms with E-state index < -0.39 is 0 Å². The van der Waals surface area contributed by atoms with Gasteiger partial charge in [0.15, 0.2) is 0 Å². The molecule has 1 saturated heterocycles. The second kappa shape index (κ2) is 7.28. The normalized spacial score (nSPS) is 32.9. The molecule has 1 aliphatic carbocycles. The molecule has 1 atom stereocenters. The number of nitrogens with two attached hydrogens (primary N) is 1. The van der Waals surface area contributed by atoms with Crippen molar-refractivity contribution in [2.24, 2.45) is 23.5 Å². The Labute approximate surface area is 117 Å². The molecule has 1 aliphatic heterocycles. The van der Waals surface area contributed by atoms with Crippen LogP contribution >= 0.6 is 0 Å². The summed E-state index contributed by atoms with van der Waals surface area (Å²) in [6, 6.07) is 0. The van der Waals surface area contributed by atoms with Crippen molar-refractivity contribution in [3.8, 4) is 0 Å². The third kappa shape index (κ3) is 3.95. The van der Waals surface area contributed by atoms with Crippen LogP contribution in [0.5, 0.6) is 0 Å². The predicted molar refractivity (Wildman–Crippen MR) is 78.7 cm³/mol. The minimum absolute atomic E-state index is 0.293. The zero-order chi connectivity index (χ0) is 13.7. The van der Waals surface area contributed by atoms with E-state index in [1.807, 2.05) is 0 Å². The van der Waals surface area contributed by atoms with Gasteiger partial charge in [0.25, 0.3) is 0 Å². The molecule has 1 unspecified atom stereocenters. The number of carbonyl (C=O) groups is 1. The topological polar surface area (TPSA) is 46.3 Å². The molecule has 0 aromatic rings. The van der Waals surface area contributed by atoms with E-state index in [1.165, 1.54) is 25.7 Å². The quantitative estimate of drug-likeness (QED) is 0.854. The molecule has 1 heterocycles. The van der Waals surface area contributed by atoms with Gasteiger partial charge in [-0.15, -0.1) is 0 Å². The van der Waals surface area contributed by atoms with Crippen LogP contribution in [0.15, 0.2) is 0 Å². The Hall–Kier alpha value is -0.570. The first kappa shape index (κ1) is 14.8. The lowest BCUT2D eigenvalue weighted by Gasteiger charge is -2.31. The van der Waals surface area contributed by atoms with E-state index >= 15 is 0 Å². The van der Waals surface area contributed by atoms with E-state index in [2.05, 4.69) is 11.8 Å². The molecule has 0 aromatic heterocycles. The minimum atomic E-state index is 0.293. The monoisotopic (exact) mass is 266 g/mol. The lowest BCUT2D eigenvalue weighted by atomic mass is 9.81. The number of nitrogens with zero attached hydrogens (tertiary/aromatic N) is 1. The minimum Gasteiger partial charge on any atom is -0.342 e. The van der Waals surface area contributed by atoms with Crippen LogP contribution in [-0.2, 0) is 4.79 Å². The molecule has 0 radical (unpaired) electrons. The smallest absolute Gasteiger partial charge is 0.225 e. The molecule has 19 heavy (non-hydrogen) atoms. The molecular formula is C16H30N2O. The largest absolute Gasteiger partial charge is 0.342 e. The van der Waals surface area contributed by atoms with Gasteiger partial charge in [-0.1, -0.05) is 13.3 Å². The van der Waals surface area contributed by atoms with Gasteiger partial charge in [-0.2, -0.15) is 0 Å². The van der Waals surface area contributed by atoms with Crippen molar-refractivity contribution < 1.29 is 4.79 Å². The van der Waals surface area contributed by atoms with Crippen LogP contribution in [0.1, 0.15) is 58.3 Å². The van der Waals surface area contributed by atoms with Crippen molar-refractivity contribution in [2.75, 3.05) is 19.6 Å². The highest BCUT2D eigenvalue weighted by molar-refractivity contribution is 5.79. The van der Waals surface area contributed by atoms with Gasteiger partial charge in [-0.25, -0.2) is 0 Å². The Bertz CT molecular complexity index is 284. The highest BCUT2D eigenvalue weighted by Gasteiger charge is 2.29. The lowest BCUT2D eigenvalue weighted by Crippen LogP contribution is -2.39. The number of rotatable bonds is 3. The van der Waals surface area contributed by atoms with Gasteiger partial charge < -0.3 is 10.6 Å². The standard InChI is InChI=1S/C16H30N2O/c1-2-13-4-3-10-18(11-9-13)16(19)15-7-5-14(12-17)6-8-15/h13-15H,2-12,17H2,1H3. The molecule has 2 rings (SSSR count). The van der Waals surface area contributed by atoms with Crippen molar-refractivity contribution in [1.29, 1.82) is 0 Å². The molecular weight excluding hydrogens is 236 g/mol. The van der Waals surface area contributed by atoms with Gasteiger partial charge in [-0.05, 0) is 63.3 Å². The summed E-state index contributed by atoms with van der Waals surface area (Å²) in [5, 5.41) is 0. The molecule has 0 aromatic carbocycles. The molecule has 3 heteroatoms. The maximum atomic E-state index is 12.6. The molecule has 1 saturated carbocycles. The average molecular weight is 266 g/mol. The van der Waals surface area contributed by atoms with Crippen molar-refractivity contribution in [1.82, 2.24) is 4.90 Å². The predicted octanol–water partition coefficient (Wildman–Crippen LogP) is 2.79. The van der Waals surface area contributed by atoms with Gasteiger partial charge in [0.1, 0.15) is 0 Å². The first-order chi connectivity index (χ1) is 9.24. The number of likely N-dealkylation sites (tertiary alicyclic amines) is 1. The Morgan fingerprint density at radius 2 is 1.79 bits per heavy atom. The first-order valence-electron chi connectivity index (χ1n) is 8.23. The van der Waals surface area contributed by atoms with Gasteiger partial charge in [-0.3, -0.25) is 4.79 Å². The van der Waals surface area contributed by atoms with E-state index in [4.69, 9.17) is 5.73 Å². The van der Waals surface area contributed by atoms with E-state index in [1.54, 1.807) is 0 Å². The lowest BCUT2D eigenvalue weighted by molar-refractivity contribution is -0.136. The van der Waals surface area contributed by atoms with Crippen molar-refractivity contribution in [2.45, 2.75) is 58.3 Å². The number of hydrogen-bond acceptors (Lipinski definition) is 2. The van der Waals surface area contributed by atoms with Crippen molar-refractivity contribution >= 4 is 5.91 Å². The highest BCUT2D eigenvalue weighted by atomic mass is 16.2. The van der Waals surface area contributed by atoms with Gasteiger partial charge in [0, 0.05) is 19.0 Å². The third-order valence-electron chi connectivity index (χ3n) is 5.27. The summed E-state index contributed by atoms with van der Waals surface area (Å²) in [7, 11) is 0. The summed E-state index contributed by atoms with van der Waals surface area (Å²) >= 11 is 0. The van der Waals surface area contributed by atoms with Crippen LogP contribution < -0.4 is 5.73 Å². The fourth-order valence-corrected chi connectivity index (χ4v) is 3.70. The number of hydrogen-bond donors (Lipinski definition) is 1. The van der Waals surface area contributed by atoms with E-state index in [0.29, 0.717) is 17.7 Å². The number of amides is 1. The van der Waals surface area contributed by atoms with Crippen LogP contribution in [-0.4, -0.2) is 30.4 Å². The molecule has 2 aliphatic rings. The zero-order valence-electron chi connectivity index (χ0n) is 12.4. The maximum Gasteiger partial charge on any atom is 0.225 e. The second-order valence-corrected chi connectivity index (χ2v) is 6.48. The SMILES string of the molecule is CCC1CCCN(C(=O)C2CCC(CN)CC2)CC1. The highest BCUT2D eigenvalue weighted by Crippen LogP contribution is 2.30. The van der Waals surface area contributed by atoms with E-state index in [-0.39, 0.29) is 0 Å². The molecule has 0 spiro atoms. The van der Waals surface area contributed by atoms with Crippen LogP contribution in [0.3, 0.4) is 0 Å². The van der Waals surface area contributed by atoms with Crippen molar-refractivity contribution in [3.05, 3.63) is 0 Å². The Balaban J connectivity index is 1.82. The number of carbonyl (C=O) groups excluding carboxylic acids is 1. The fourth-order valence-electron chi connectivity index (χ4n) is 3.70. The van der Waals surface area contributed by atoms with Crippen LogP contribution in [0.2, 0.25) is 0 Å². The van der Waals surface area contributed by atoms with E-state index in [0.717, 1.165) is 51.2 Å². The summed E-state index contributed by atoms with van der Waals surface area (Å²) in [4.78, 5) is 14.7. The van der Waals surface area contributed by atoms with Gasteiger partial charge in [0.2, 0.25) is 5.91 Å². The summed E-state index contributed by atoms with van der Waals surface area (Å²) in [5.74, 6) is 2.23.